The molecule has 1 aromatic rings. The van der Waals surface area contributed by atoms with E-state index in [-0.39, 0.29) is 5.91 Å². The first-order valence-corrected chi connectivity index (χ1v) is 8.26. The monoisotopic (exact) mass is 293 g/mol. The highest BCUT2D eigenvalue weighted by atomic mass is 32.2. The topological polar surface area (TPSA) is 68.0 Å². The lowest BCUT2D eigenvalue weighted by atomic mass is 9.84. The number of aromatic nitrogens is 1. The average Bonchev–Trinajstić information content (AvgIpc) is 2.85. The zero-order valence-electron chi connectivity index (χ0n) is 12.0. The number of amides is 1. The van der Waals surface area contributed by atoms with E-state index in [1.807, 2.05) is 31.3 Å². The standard InChI is InChI=1S/C15H23N3OS/c1-2-18-15(14(16)19)9-5-6-12(15)8-11-20-13-7-3-4-10-17-13/h3-4,7,10,12,18H,2,5-6,8-9,11H2,1H3,(H2,16,19). The highest BCUT2D eigenvalue weighted by molar-refractivity contribution is 7.99. The van der Waals surface area contributed by atoms with Gasteiger partial charge in [0.1, 0.15) is 5.54 Å². The Balaban J connectivity index is 1.92. The number of nitrogens with zero attached hydrogens (tertiary/aromatic N) is 1. The third-order valence-corrected chi connectivity index (χ3v) is 5.08. The van der Waals surface area contributed by atoms with Crippen molar-refractivity contribution in [1.29, 1.82) is 0 Å². The Labute approximate surface area is 124 Å². The van der Waals surface area contributed by atoms with Gasteiger partial charge in [-0.25, -0.2) is 4.98 Å². The number of rotatable bonds is 7. The summed E-state index contributed by atoms with van der Waals surface area (Å²) in [4.78, 5) is 16.2. The van der Waals surface area contributed by atoms with Gasteiger partial charge in [-0.2, -0.15) is 0 Å². The van der Waals surface area contributed by atoms with Crippen molar-refractivity contribution >= 4 is 17.7 Å². The molecule has 0 saturated heterocycles. The second kappa shape index (κ2) is 7.09. The van der Waals surface area contributed by atoms with E-state index in [2.05, 4.69) is 10.3 Å². The van der Waals surface area contributed by atoms with Crippen molar-refractivity contribution in [3.05, 3.63) is 24.4 Å². The van der Waals surface area contributed by atoms with Crippen LogP contribution in [-0.4, -0.2) is 28.7 Å². The fourth-order valence-electron chi connectivity index (χ4n) is 3.17. The van der Waals surface area contributed by atoms with Gasteiger partial charge in [0, 0.05) is 6.20 Å². The number of likely N-dealkylation sites (N-methyl/N-ethyl adjacent to an activating group) is 1. The number of pyridine rings is 1. The van der Waals surface area contributed by atoms with Crippen LogP contribution in [0.5, 0.6) is 0 Å². The van der Waals surface area contributed by atoms with Crippen molar-refractivity contribution in [1.82, 2.24) is 10.3 Å². The van der Waals surface area contributed by atoms with E-state index in [1.165, 1.54) is 0 Å². The Bertz CT molecular complexity index is 440. The zero-order valence-corrected chi connectivity index (χ0v) is 12.8. The Morgan fingerprint density at radius 2 is 2.45 bits per heavy atom. The van der Waals surface area contributed by atoms with Crippen LogP contribution in [0, 0.1) is 5.92 Å². The number of hydrogen-bond donors (Lipinski definition) is 2. The number of carbonyl (C=O) groups excluding carboxylic acids is 1. The minimum atomic E-state index is -0.487. The predicted octanol–water partition coefficient (Wildman–Crippen LogP) is 2.20. The molecule has 0 spiro atoms. The zero-order chi connectivity index (χ0) is 14.4. The number of primary amides is 1. The third-order valence-electron chi connectivity index (χ3n) is 4.11. The SMILES string of the molecule is CCNC1(C(N)=O)CCCC1CCSc1ccccn1. The van der Waals surface area contributed by atoms with Crippen LogP contribution in [0.4, 0.5) is 0 Å². The minimum absolute atomic E-state index is 0.190. The molecule has 0 aromatic carbocycles. The summed E-state index contributed by atoms with van der Waals surface area (Å²) in [6.07, 6.45) is 5.84. The van der Waals surface area contributed by atoms with Crippen LogP contribution in [0.1, 0.15) is 32.6 Å². The van der Waals surface area contributed by atoms with Gasteiger partial charge in [-0.3, -0.25) is 4.79 Å². The number of nitrogens with one attached hydrogen (secondary N) is 1. The molecule has 0 aliphatic heterocycles. The molecular weight excluding hydrogens is 270 g/mol. The van der Waals surface area contributed by atoms with Crippen LogP contribution in [0.25, 0.3) is 0 Å². The first-order chi connectivity index (χ1) is 9.69. The van der Waals surface area contributed by atoms with Crippen molar-refractivity contribution in [3.8, 4) is 0 Å². The van der Waals surface area contributed by atoms with Gasteiger partial charge >= 0.3 is 0 Å². The Hall–Kier alpha value is -1.07. The molecule has 1 saturated carbocycles. The summed E-state index contributed by atoms with van der Waals surface area (Å²) < 4.78 is 0. The molecule has 5 heteroatoms. The third kappa shape index (κ3) is 3.33. The molecule has 4 nitrogen and oxygen atoms in total. The molecule has 1 aliphatic rings. The fraction of sp³-hybridized carbons (Fsp3) is 0.600. The molecule has 0 radical (unpaired) electrons. The van der Waals surface area contributed by atoms with E-state index >= 15 is 0 Å². The maximum atomic E-state index is 11.9. The summed E-state index contributed by atoms with van der Waals surface area (Å²) in [7, 11) is 0. The molecule has 20 heavy (non-hydrogen) atoms. The lowest BCUT2D eigenvalue weighted by Gasteiger charge is -2.33. The Morgan fingerprint density at radius 1 is 1.60 bits per heavy atom. The molecule has 3 N–H and O–H groups in total. The molecule has 2 unspecified atom stereocenters. The molecule has 1 heterocycles. The minimum Gasteiger partial charge on any atom is -0.368 e. The summed E-state index contributed by atoms with van der Waals surface area (Å²) in [5.74, 6) is 1.13. The van der Waals surface area contributed by atoms with Gasteiger partial charge in [0.15, 0.2) is 0 Å². The highest BCUT2D eigenvalue weighted by Crippen LogP contribution is 2.38. The van der Waals surface area contributed by atoms with Crippen LogP contribution in [0.3, 0.4) is 0 Å². The Kier molecular flexibility index (Phi) is 5.43. The van der Waals surface area contributed by atoms with Crippen LogP contribution in [-0.2, 0) is 4.79 Å². The average molecular weight is 293 g/mol. The van der Waals surface area contributed by atoms with Gasteiger partial charge < -0.3 is 11.1 Å². The van der Waals surface area contributed by atoms with Gasteiger partial charge in [0.05, 0.1) is 5.03 Å². The molecule has 1 aromatic heterocycles. The Morgan fingerprint density at radius 3 is 3.10 bits per heavy atom. The summed E-state index contributed by atoms with van der Waals surface area (Å²) in [5.41, 5.74) is 5.18. The van der Waals surface area contributed by atoms with E-state index in [9.17, 15) is 4.79 Å². The number of hydrogen-bond acceptors (Lipinski definition) is 4. The lowest BCUT2D eigenvalue weighted by Crippen LogP contribution is -2.57. The predicted molar refractivity (Wildman–Crippen MR) is 82.5 cm³/mol. The van der Waals surface area contributed by atoms with Crippen LogP contribution >= 0.6 is 11.8 Å². The van der Waals surface area contributed by atoms with Gasteiger partial charge in [0.25, 0.3) is 0 Å². The van der Waals surface area contributed by atoms with E-state index < -0.39 is 5.54 Å². The number of nitrogens with two attached hydrogens (primary N) is 1. The van der Waals surface area contributed by atoms with Crippen molar-refractivity contribution in [2.75, 3.05) is 12.3 Å². The smallest absolute Gasteiger partial charge is 0.238 e. The molecular formula is C15H23N3OS. The highest BCUT2D eigenvalue weighted by Gasteiger charge is 2.46. The maximum absolute atomic E-state index is 11.9. The normalized spacial score (nSPS) is 25.8. The summed E-state index contributed by atoms with van der Waals surface area (Å²) in [6, 6.07) is 5.94. The van der Waals surface area contributed by atoms with Crippen molar-refractivity contribution < 1.29 is 4.79 Å². The largest absolute Gasteiger partial charge is 0.368 e. The molecule has 1 amide bonds. The van der Waals surface area contributed by atoms with E-state index in [4.69, 9.17) is 5.73 Å². The summed E-state index contributed by atoms with van der Waals surface area (Å²) >= 11 is 1.75. The molecule has 110 valence electrons. The molecule has 1 aliphatic carbocycles. The van der Waals surface area contributed by atoms with Crippen molar-refractivity contribution in [3.63, 3.8) is 0 Å². The summed E-state index contributed by atoms with van der Waals surface area (Å²) in [6.45, 7) is 2.82. The van der Waals surface area contributed by atoms with Gasteiger partial charge in [-0.15, -0.1) is 11.8 Å². The van der Waals surface area contributed by atoms with Crippen LogP contribution in [0.15, 0.2) is 29.4 Å². The van der Waals surface area contributed by atoms with E-state index in [1.54, 1.807) is 11.8 Å². The van der Waals surface area contributed by atoms with Crippen molar-refractivity contribution in [2.24, 2.45) is 11.7 Å². The lowest BCUT2D eigenvalue weighted by molar-refractivity contribution is -0.125. The number of carbonyl (C=O) groups is 1. The molecule has 0 bridgehead atoms. The quantitative estimate of drug-likeness (QED) is 0.756. The van der Waals surface area contributed by atoms with Gasteiger partial charge in [-0.05, 0) is 49.6 Å². The summed E-state index contributed by atoms with van der Waals surface area (Å²) in [5, 5.41) is 4.40. The van der Waals surface area contributed by atoms with Gasteiger partial charge in [-0.1, -0.05) is 19.4 Å². The number of thioether (sulfide) groups is 1. The van der Waals surface area contributed by atoms with Crippen LogP contribution < -0.4 is 11.1 Å². The van der Waals surface area contributed by atoms with E-state index in [0.717, 1.165) is 43.0 Å². The molecule has 1 fully saturated rings. The fourth-order valence-corrected chi connectivity index (χ4v) is 4.09. The van der Waals surface area contributed by atoms with Gasteiger partial charge in [0.2, 0.25) is 5.91 Å². The van der Waals surface area contributed by atoms with E-state index in [0.29, 0.717) is 5.92 Å². The van der Waals surface area contributed by atoms with Crippen molar-refractivity contribution in [2.45, 2.75) is 43.2 Å². The molecule has 2 rings (SSSR count). The maximum Gasteiger partial charge on any atom is 0.238 e. The van der Waals surface area contributed by atoms with Crippen LogP contribution in [0.2, 0.25) is 0 Å². The second-order valence-corrected chi connectivity index (χ2v) is 6.38. The first kappa shape index (κ1) is 15.3. The molecule has 2 atom stereocenters. The first-order valence-electron chi connectivity index (χ1n) is 7.28. The second-order valence-electron chi connectivity index (χ2n) is 5.26.